The highest BCUT2D eigenvalue weighted by Gasteiger charge is 2.42. The van der Waals surface area contributed by atoms with Crippen LogP contribution in [0, 0.1) is 5.41 Å². The number of hydrogen-bond acceptors (Lipinski definition) is 4. The van der Waals surface area contributed by atoms with E-state index in [0.717, 1.165) is 29.9 Å². The minimum atomic E-state index is -0.350. The zero-order chi connectivity index (χ0) is 12.8. The molecule has 96 valence electrons. The maximum Gasteiger partial charge on any atom is 0.193 e. The highest BCUT2D eigenvalue weighted by molar-refractivity contribution is 7.15. The molecule has 2 aromatic rings. The average molecular weight is 263 g/mol. The molecule has 2 aromatic heterocycles. The molecule has 2 unspecified atom stereocenters. The Morgan fingerprint density at radius 3 is 3.22 bits per heavy atom. The summed E-state index contributed by atoms with van der Waals surface area (Å²) in [6, 6.07) is 0.00809. The van der Waals surface area contributed by atoms with Crippen molar-refractivity contribution in [2.45, 2.75) is 38.6 Å². The number of aromatic nitrogens is 2. The number of carbonyl (C=O) groups excluding carboxylic acids is 1. The molecule has 18 heavy (non-hydrogen) atoms. The van der Waals surface area contributed by atoms with E-state index in [9.17, 15) is 4.79 Å². The monoisotopic (exact) mass is 263 g/mol. The Labute approximate surface area is 110 Å². The number of imidazole rings is 1. The summed E-state index contributed by atoms with van der Waals surface area (Å²) in [5.74, 6) is 0.234. The van der Waals surface area contributed by atoms with E-state index in [2.05, 4.69) is 4.98 Å². The average Bonchev–Trinajstić information content (AvgIpc) is 2.95. The van der Waals surface area contributed by atoms with Crippen molar-refractivity contribution in [1.82, 2.24) is 9.38 Å². The zero-order valence-corrected chi connectivity index (χ0v) is 11.2. The van der Waals surface area contributed by atoms with Gasteiger partial charge in [-0.1, -0.05) is 13.3 Å². The van der Waals surface area contributed by atoms with Crippen LogP contribution in [0.3, 0.4) is 0 Å². The third-order valence-corrected chi connectivity index (χ3v) is 4.92. The van der Waals surface area contributed by atoms with Crippen LogP contribution in [0.2, 0.25) is 0 Å². The summed E-state index contributed by atoms with van der Waals surface area (Å²) in [7, 11) is 0. The Hall–Kier alpha value is -1.20. The van der Waals surface area contributed by atoms with E-state index in [4.69, 9.17) is 5.73 Å². The molecule has 2 heterocycles. The lowest BCUT2D eigenvalue weighted by Gasteiger charge is -2.26. The lowest BCUT2D eigenvalue weighted by Crippen LogP contribution is -2.41. The van der Waals surface area contributed by atoms with Crippen LogP contribution >= 0.6 is 11.3 Å². The smallest absolute Gasteiger partial charge is 0.193 e. The normalized spacial score (nSPS) is 28.0. The Morgan fingerprint density at radius 2 is 2.56 bits per heavy atom. The number of rotatable bonds is 3. The summed E-state index contributed by atoms with van der Waals surface area (Å²) in [5, 5.41) is 1.99. The van der Waals surface area contributed by atoms with Gasteiger partial charge in [-0.05, 0) is 12.8 Å². The van der Waals surface area contributed by atoms with E-state index in [-0.39, 0.29) is 17.2 Å². The third kappa shape index (κ3) is 1.78. The van der Waals surface area contributed by atoms with Gasteiger partial charge in [0.15, 0.2) is 4.96 Å². The number of fused-ring (bicyclic) bond motifs is 1. The van der Waals surface area contributed by atoms with Gasteiger partial charge in [-0.15, -0.1) is 11.3 Å². The summed E-state index contributed by atoms with van der Waals surface area (Å²) in [4.78, 5) is 17.8. The van der Waals surface area contributed by atoms with Gasteiger partial charge < -0.3 is 5.73 Å². The van der Waals surface area contributed by atoms with Crippen LogP contribution in [0.15, 0.2) is 17.8 Å². The van der Waals surface area contributed by atoms with Gasteiger partial charge in [-0.3, -0.25) is 9.20 Å². The van der Waals surface area contributed by atoms with Gasteiger partial charge in [-0.2, -0.15) is 0 Å². The molecule has 1 saturated carbocycles. The summed E-state index contributed by atoms with van der Waals surface area (Å²) >= 11 is 1.58. The first-order valence-electron chi connectivity index (χ1n) is 6.29. The topological polar surface area (TPSA) is 60.4 Å². The SMILES string of the molecule is CC1(C(=O)Cc2cn3ccsc3n2)CCCC1N. The largest absolute Gasteiger partial charge is 0.327 e. The van der Waals surface area contributed by atoms with Gasteiger partial charge >= 0.3 is 0 Å². The number of carbonyl (C=O) groups is 1. The first-order valence-corrected chi connectivity index (χ1v) is 7.17. The summed E-state index contributed by atoms with van der Waals surface area (Å²) < 4.78 is 1.96. The van der Waals surface area contributed by atoms with Gasteiger partial charge in [0.25, 0.3) is 0 Å². The second kappa shape index (κ2) is 4.17. The van der Waals surface area contributed by atoms with Gasteiger partial charge in [0.05, 0.1) is 12.1 Å². The minimum Gasteiger partial charge on any atom is -0.327 e. The lowest BCUT2D eigenvalue weighted by molar-refractivity contribution is -0.127. The number of nitrogens with zero attached hydrogens (tertiary/aromatic N) is 2. The molecular weight excluding hydrogens is 246 g/mol. The molecule has 0 aromatic carbocycles. The van der Waals surface area contributed by atoms with E-state index >= 15 is 0 Å². The van der Waals surface area contributed by atoms with Crippen LogP contribution < -0.4 is 5.73 Å². The molecule has 4 nitrogen and oxygen atoms in total. The highest BCUT2D eigenvalue weighted by atomic mass is 32.1. The molecule has 0 saturated heterocycles. The standard InChI is InChI=1S/C13H17N3OS/c1-13(4-2-3-10(13)14)11(17)7-9-8-16-5-6-18-12(16)15-9/h5-6,8,10H,2-4,7,14H2,1H3. The minimum absolute atomic E-state index is 0.00809. The predicted molar refractivity (Wildman–Crippen MR) is 71.7 cm³/mol. The first kappa shape index (κ1) is 11.9. The Bertz CT molecular complexity index is 559. The molecule has 0 bridgehead atoms. The summed E-state index contributed by atoms with van der Waals surface area (Å²) in [6.07, 6.45) is 7.23. The molecule has 1 aliphatic rings. The van der Waals surface area contributed by atoms with Crippen LogP contribution in [-0.4, -0.2) is 21.2 Å². The van der Waals surface area contributed by atoms with Gasteiger partial charge in [-0.25, -0.2) is 4.98 Å². The van der Waals surface area contributed by atoms with Gasteiger partial charge in [0.1, 0.15) is 5.78 Å². The molecule has 1 fully saturated rings. The second-order valence-electron chi connectivity index (χ2n) is 5.34. The Kier molecular flexibility index (Phi) is 2.75. The van der Waals surface area contributed by atoms with Crippen LogP contribution in [-0.2, 0) is 11.2 Å². The van der Waals surface area contributed by atoms with Crippen LogP contribution in [0.4, 0.5) is 0 Å². The van der Waals surface area contributed by atoms with Gasteiger partial charge in [0, 0.05) is 29.2 Å². The number of ketones is 1. The lowest BCUT2D eigenvalue weighted by atomic mass is 9.79. The van der Waals surface area contributed by atoms with Crippen molar-refractivity contribution in [2.24, 2.45) is 11.1 Å². The second-order valence-corrected chi connectivity index (χ2v) is 6.21. The van der Waals surface area contributed by atoms with E-state index in [1.54, 1.807) is 11.3 Å². The van der Waals surface area contributed by atoms with Crippen molar-refractivity contribution in [3.63, 3.8) is 0 Å². The quantitative estimate of drug-likeness (QED) is 0.921. The fourth-order valence-electron chi connectivity index (χ4n) is 2.77. The van der Waals surface area contributed by atoms with Crippen LogP contribution in [0.25, 0.3) is 4.96 Å². The summed E-state index contributed by atoms with van der Waals surface area (Å²) in [6.45, 7) is 2.01. The number of hydrogen-bond donors (Lipinski definition) is 1. The van der Waals surface area contributed by atoms with E-state index in [0.29, 0.717) is 6.42 Å². The number of nitrogens with two attached hydrogens (primary N) is 1. The van der Waals surface area contributed by atoms with Crippen molar-refractivity contribution in [3.05, 3.63) is 23.5 Å². The van der Waals surface area contributed by atoms with Gasteiger partial charge in [0.2, 0.25) is 0 Å². The number of Topliss-reactive ketones (excluding diaryl/α,β-unsaturated/α-hetero) is 1. The van der Waals surface area contributed by atoms with Crippen molar-refractivity contribution in [1.29, 1.82) is 0 Å². The van der Waals surface area contributed by atoms with Crippen molar-refractivity contribution in [2.75, 3.05) is 0 Å². The van der Waals surface area contributed by atoms with Crippen molar-refractivity contribution in [3.8, 4) is 0 Å². The molecule has 0 radical (unpaired) electrons. The molecule has 1 aliphatic carbocycles. The molecule has 3 rings (SSSR count). The molecule has 2 N–H and O–H groups in total. The molecule has 0 amide bonds. The summed E-state index contributed by atoms with van der Waals surface area (Å²) in [5.41, 5.74) is 6.58. The fraction of sp³-hybridized carbons (Fsp3) is 0.538. The number of thiazole rings is 1. The Morgan fingerprint density at radius 1 is 1.72 bits per heavy atom. The van der Waals surface area contributed by atoms with Crippen molar-refractivity contribution < 1.29 is 4.79 Å². The van der Waals surface area contributed by atoms with E-state index < -0.39 is 0 Å². The molecule has 5 heteroatoms. The fourth-order valence-corrected chi connectivity index (χ4v) is 3.49. The maximum atomic E-state index is 12.4. The highest BCUT2D eigenvalue weighted by Crippen LogP contribution is 2.38. The molecule has 0 aliphatic heterocycles. The predicted octanol–water partition coefficient (Wildman–Crippen LogP) is 2.02. The molecule has 2 atom stereocenters. The zero-order valence-electron chi connectivity index (χ0n) is 10.4. The molecule has 0 spiro atoms. The van der Waals surface area contributed by atoms with Crippen LogP contribution in [0.1, 0.15) is 31.9 Å². The van der Waals surface area contributed by atoms with E-state index in [1.165, 1.54) is 0 Å². The third-order valence-electron chi connectivity index (χ3n) is 4.15. The first-order chi connectivity index (χ1) is 8.59. The van der Waals surface area contributed by atoms with Crippen molar-refractivity contribution >= 4 is 22.1 Å². The van der Waals surface area contributed by atoms with E-state index in [1.807, 2.05) is 29.1 Å². The maximum absolute atomic E-state index is 12.4. The van der Waals surface area contributed by atoms with Crippen LogP contribution in [0.5, 0.6) is 0 Å². The molecular formula is C13H17N3OS. The Balaban J connectivity index is 1.80.